The first-order chi connectivity index (χ1) is 39.5. The molecular weight excluding hydrogens is 1000 g/mol. The Kier molecular flexibility index (Phi) is 10.8. The molecule has 83 heavy (non-hydrogen) atoms. The summed E-state index contributed by atoms with van der Waals surface area (Å²) in [4.78, 5) is 5.35. The molecule has 0 bridgehead atoms. The van der Waals surface area contributed by atoms with Crippen molar-refractivity contribution in [2.45, 2.75) is 124 Å². The number of rotatable bonds is 4. The Balaban J connectivity index is 1.12. The molecule has 4 heteroatoms. The van der Waals surface area contributed by atoms with E-state index in [4.69, 9.17) is 4.42 Å². The molecule has 10 aromatic carbocycles. The maximum Gasteiger partial charge on any atom is 0.252 e. The summed E-state index contributed by atoms with van der Waals surface area (Å²) in [5.41, 5.74) is 32.7. The van der Waals surface area contributed by atoms with Gasteiger partial charge >= 0.3 is 0 Å². The normalized spacial score (nSPS) is 16.4. The first-order valence-corrected chi connectivity index (χ1v) is 30.1. The minimum atomic E-state index is -0.286. The van der Waals surface area contributed by atoms with Crippen molar-refractivity contribution in [3.05, 3.63) is 255 Å². The topological polar surface area (TPSA) is 19.6 Å². The van der Waals surface area contributed by atoms with Gasteiger partial charge in [0.1, 0.15) is 11.2 Å². The van der Waals surface area contributed by atoms with Crippen LogP contribution in [0.25, 0.3) is 44.2 Å². The van der Waals surface area contributed by atoms with Gasteiger partial charge in [-0.1, -0.05) is 209 Å². The van der Waals surface area contributed by atoms with Crippen LogP contribution in [0.15, 0.2) is 192 Å². The third kappa shape index (κ3) is 7.24. The number of aryl methyl sites for hydroxylation is 3. The van der Waals surface area contributed by atoms with Gasteiger partial charge in [-0.15, -0.1) is 0 Å². The monoisotopic (exact) mass is 1080 g/mol. The SMILES string of the molecule is Cc1cc(C)c(-c2cc3c4c(c2)N(c2ccc(C(C)(C)C)cc2-c2ccccc2)c2cc5c(cc2B4c2cc4c(cc2N3c2ccc3c(c2)C(C)(C)c2ccccc2C3(C)C)C(C)(C)c2ccccc2C4(C)C)oc2ccccc25)c(C)c1. The van der Waals surface area contributed by atoms with Crippen LogP contribution in [0.3, 0.4) is 0 Å². The number of furan rings is 1. The van der Waals surface area contributed by atoms with Crippen molar-refractivity contribution in [2.24, 2.45) is 0 Å². The maximum absolute atomic E-state index is 7.00. The van der Waals surface area contributed by atoms with Crippen LogP contribution >= 0.6 is 0 Å². The van der Waals surface area contributed by atoms with E-state index in [1.54, 1.807) is 0 Å². The van der Waals surface area contributed by atoms with Crippen molar-refractivity contribution < 1.29 is 4.42 Å². The Morgan fingerprint density at radius 3 is 1.53 bits per heavy atom. The van der Waals surface area contributed by atoms with Crippen LogP contribution in [0.2, 0.25) is 0 Å². The molecule has 4 aliphatic rings. The number of hydrogen-bond acceptors (Lipinski definition) is 3. The van der Waals surface area contributed by atoms with Crippen LogP contribution in [0.5, 0.6) is 0 Å². The van der Waals surface area contributed by atoms with Gasteiger partial charge in [-0.05, 0) is 181 Å². The summed E-state index contributed by atoms with van der Waals surface area (Å²) in [7, 11) is 0. The number of para-hydroxylation sites is 1. The molecule has 1 aromatic heterocycles. The van der Waals surface area contributed by atoms with Gasteiger partial charge in [0.15, 0.2) is 0 Å². The minimum Gasteiger partial charge on any atom is -0.456 e. The molecule has 11 aromatic rings. The second-order valence-corrected chi connectivity index (χ2v) is 27.9. The molecule has 3 nitrogen and oxygen atoms in total. The van der Waals surface area contributed by atoms with E-state index < -0.39 is 0 Å². The van der Waals surface area contributed by atoms with E-state index in [0.717, 1.165) is 27.6 Å². The smallest absolute Gasteiger partial charge is 0.252 e. The highest BCUT2D eigenvalue weighted by atomic mass is 16.3. The molecule has 15 rings (SSSR count). The summed E-state index contributed by atoms with van der Waals surface area (Å²) in [5, 5.41) is 2.24. The van der Waals surface area contributed by atoms with E-state index in [1.807, 2.05) is 0 Å². The van der Waals surface area contributed by atoms with Crippen LogP contribution in [-0.4, -0.2) is 6.71 Å². The third-order valence-corrected chi connectivity index (χ3v) is 20.4. The number of benzene rings is 10. The molecule has 0 N–H and O–H groups in total. The van der Waals surface area contributed by atoms with Gasteiger partial charge in [-0.3, -0.25) is 0 Å². The molecule has 0 atom stereocenters. The van der Waals surface area contributed by atoms with Crippen molar-refractivity contribution in [1.82, 2.24) is 0 Å². The van der Waals surface area contributed by atoms with E-state index in [1.165, 1.54) is 134 Å². The number of hydrogen-bond donors (Lipinski definition) is 0. The Morgan fingerprint density at radius 1 is 0.386 bits per heavy atom. The predicted molar refractivity (Wildman–Crippen MR) is 353 cm³/mol. The van der Waals surface area contributed by atoms with Gasteiger partial charge in [0, 0.05) is 66.4 Å². The van der Waals surface area contributed by atoms with Crippen LogP contribution < -0.4 is 26.2 Å². The van der Waals surface area contributed by atoms with Crippen molar-refractivity contribution in [2.75, 3.05) is 9.80 Å². The fourth-order valence-electron chi connectivity index (χ4n) is 16.1. The lowest BCUT2D eigenvalue weighted by Crippen LogP contribution is -2.62. The van der Waals surface area contributed by atoms with Crippen molar-refractivity contribution in [3.63, 3.8) is 0 Å². The van der Waals surface area contributed by atoms with Crippen LogP contribution in [0.4, 0.5) is 34.1 Å². The van der Waals surface area contributed by atoms with Gasteiger partial charge in [-0.2, -0.15) is 0 Å². The average Bonchev–Trinajstić information content (AvgIpc) is 1.18. The summed E-state index contributed by atoms with van der Waals surface area (Å²) in [5.74, 6) is 0. The summed E-state index contributed by atoms with van der Waals surface area (Å²) in [6.07, 6.45) is 0. The fourth-order valence-corrected chi connectivity index (χ4v) is 16.1. The van der Waals surface area contributed by atoms with Crippen molar-refractivity contribution in [1.29, 1.82) is 0 Å². The molecule has 0 spiro atoms. The van der Waals surface area contributed by atoms with Crippen LogP contribution in [-0.2, 0) is 27.1 Å². The summed E-state index contributed by atoms with van der Waals surface area (Å²) in [6, 6.07) is 72.9. The van der Waals surface area contributed by atoms with E-state index >= 15 is 0 Å². The lowest BCUT2D eigenvalue weighted by Gasteiger charge is -2.49. The molecule has 3 heterocycles. The molecular formula is C79H73BN2O. The molecule has 2 aliphatic carbocycles. The average molecular weight is 1080 g/mol. The lowest BCUT2D eigenvalue weighted by atomic mass is 9.33. The van der Waals surface area contributed by atoms with E-state index in [2.05, 4.69) is 295 Å². The largest absolute Gasteiger partial charge is 0.456 e. The second kappa shape index (κ2) is 17.4. The fraction of sp³-hybridized carbons (Fsp3) is 0.241. The molecule has 0 fully saturated rings. The number of anilines is 6. The summed E-state index contributed by atoms with van der Waals surface area (Å²) >= 11 is 0. The van der Waals surface area contributed by atoms with Crippen LogP contribution in [0, 0.1) is 20.8 Å². The summed E-state index contributed by atoms with van der Waals surface area (Å²) < 4.78 is 7.00. The van der Waals surface area contributed by atoms with E-state index in [0.29, 0.717) is 0 Å². The highest BCUT2D eigenvalue weighted by molar-refractivity contribution is 7.00. The number of nitrogens with zero attached hydrogens (tertiary/aromatic N) is 2. The molecule has 0 amide bonds. The molecule has 0 saturated carbocycles. The zero-order chi connectivity index (χ0) is 57.6. The molecule has 0 saturated heterocycles. The minimum absolute atomic E-state index is 0.0820. The number of fused-ring (bicyclic) bond motifs is 11. The van der Waals surface area contributed by atoms with E-state index in [-0.39, 0.29) is 33.8 Å². The highest BCUT2D eigenvalue weighted by Gasteiger charge is 2.50. The standard InChI is InChI=1S/C79H73BN2O/c1-46-36-47(2)73(48(3)37-46)50-38-69-74-70(39-50)82(66-35-32-51(75(4,5)6)40-54(66)49-24-16-15-17-25-49)67-42-55-53-26-18-23-31-71(53)83-72(55)45-65(67)80(74)64-43-62-63(79(13,14)59-30-22-21-29-58(59)78(62,11)12)44-68(64)81(69)52-33-34-60-61(41-52)77(9,10)57-28-20-19-27-56(57)76(60,7)8/h15-45H,1-14H3. The first-order valence-electron chi connectivity index (χ1n) is 30.1. The Bertz CT molecular complexity index is 4570. The lowest BCUT2D eigenvalue weighted by molar-refractivity contribution is 0.520. The molecule has 0 radical (unpaired) electrons. The zero-order valence-electron chi connectivity index (χ0n) is 50.8. The third-order valence-electron chi connectivity index (χ3n) is 20.4. The van der Waals surface area contributed by atoms with Crippen molar-refractivity contribution in [3.8, 4) is 22.3 Å². The maximum atomic E-state index is 7.00. The first kappa shape index (κ1) is 51.5. The Labute approximate surface area is 491 Å². The molecule has 408 valence electrons. The van der Waals surface area contributed by atoms with Gasteiger partial charge < -0.3 is 14.2 Å². The summed E-state index contributed by atoms with van der Waals surface area (Å²) in [6.45, 7) is 33.2. The van der Waals surface area contributed by atoms with E-state index in [9.17, 15) is 0 Å². The van der Waals surface area contributed by atoms with Gasteiger partial charge in [-0.25, -0.2) is 0 Å². The van der Waals surface area contributed by atoms with Crippen LogP contribution in [0.1, 0.15) is 143 Å². The van der Waals surface area contributed by atoms with Gasteiger partial charge in [0.25, 0.3) is 6.71 Å². The predicted octanol–water partition coefficient (Wildman–Crippen LogP) is 19.2. The zero-order valence-corrected chi connectivity index (χ0v) is 50.8. The second-order valence-electron chi connectivity index (χ2n) is 27.9. The van der Waals surface area contributed by atoms with Gasteiger partial charge in [0.2, 0.25) is 0 Å². The molecule has 2 aliphatic heterocycles. The Morgan fingerprint density at radius 2 is 0.904 bits per heavy atom. The Hall–Kier alpha value is -8.34. The molecule has 0 unspecified atom stereocenters. The quantitative estimate of drug-likeness (QED) is 0.164. The van der Waals surface area contributed by atoms with Gasteiger partial charge in [0.05, 0.1) is 5.69 Å². The van der Waals surface area contributed by atoms with Crippen molar-refractivity contribution >= 4 is 79.2 Å². The highest BCUT2D eigenvalue weighted by Crippen LogP contribution is 2.56.